The minimum absolute atomic E-state index is 0.136. The zero-order valence-corrected chi connectivity index (χ0v) is 12.9. The Morgan fingerprint density at radius 1 is 1.41 bits per heavy atom. The second-order valence-electron chi connectivity index (χ2n) is 5.32. The molecule has 1 fully saturated rings. The molecule has 0 N–H and O–H groups in total. The number of ether oxygens (including phenoxy) is 1. The van der Waals surface area contributed by atoms with Gasteiger partial charge in [0.15, 0.2) is 6.61 Å². The Labute approximate surface area is 133 Å². The number of carbonyl (C=O) groups excluding carboxylic acids is 1. The summed E-state index contributed by atoms with van der Waals surface area (Å²) in [6.45, 7) is 0.523. The van der Waals surface area contributed by atoms with Gasteiger partial charge in [0, 0.05) is 18.0 Å². The number of rotatable bonds is 6. The Bertz CT molecular complexity index is 652. The van der Waals surface area contributed by atoms with E-state index in [9.17, 15) is 4.79 Å². The number of hydrogen-bond donors (Lipinski definition) is 0. The van der Waals surface area contributed by atoms with Crippen molar-refractivity contribution in [3.63, 3.8) is 0 Å². The number of nitrogens with zero attached hydrogens (tertiary/aromatic N) is 3. The van der Waals surface area contributed by atoms with Gasteiger partial charge in [0.25, 0.3) is 0 Å². The van der Waals surface area contributed by atoms with Crippen LogP contribution in [0.3, 0.4) is 0 Å². The number of amides is 1. The second-order valence-corrected chi connectivity index (χ2v) is 5.75. The largest absolute Gasteiger partial charge is 0.485 e. The van der Waals surface area contributed by atoms with Gasteiger partial charge in [0.05, 0.1) is 6.54 Å². The number of benzene rings is 1. The molecule has 1 aliphatic rings. The molecule has 0 saturated heterocycles. The number of aromatic nitrogens is 2. The monoisotopic (exact) mass is 321 g/mol. The molecule has 0 radical (unpaired) electrons. The van der Waals surface area contributed by atoms with Crippen LogP contribution in [0.2, 0.25) is 5.02 Å². The molecule has 0 atom stereocenters. The molecule has 1 amide bonds. The molecule has 1 heterocycles. The number of carbonyl (C=O) groups is 1. The highest BCUT2D eigenvalue weighted by molar-refractivity contribution is 6.30. The molecule has 116 valence electrons. The predicted molar refractivity (Wildman–Crippen MR) is 79.3 cm³/mol. The minimum atomic E-state index is 0.136. The van der Waals surface area contributed by atoms with Crippen molar-refractivity contribution in [1.82, 2.24) is 15.0 Å². The van der Waals surface area contributed by atoms with Crippen LogP contribution >= 0.6 is 11.6 Å². The van der Waals surface area contributed by atoms with Gasteiger partial charge >= 0.3 is 0 Å². The lowest BCUT2D eigenvalue weighted by molar-refractivity contribution is -0.132. The molecular weight excluding hydrogens is 306 g/mol. The van der Waals surface area contributed by atoms with Crippen LogP contribution in [0.25, 0.3) is 0 Å². The van der Waals surface area contributed by atoms with Gasteiger partial charge in [-0.05, 0) is 37.1 Å². The summed E-state index contributed by atoms with van der Waals surface area (Å²) in [7, 11) is 1.74. The molecule has 0 spiro atoms. The van der Waals surface area contributed by atoms with Crippen LogP contribution in [0.15, 0.2) is 28.8 Å². The Morgan fingerprint density at radius 2 is 2.14 bits per heavy atom. The maximum Gasteiger partial charge on any atom is 0.246 e. The van der Waals surface area contributed by atoms with Crippen molar-refractivity contribution in [3.8, 4) is 5.75 Å². The second kappa shape index (κ2) is 6.36. The maximum absolute atomic E-state index is 11.9. The zero-order chi connectivity index (χ0) is 15.5. The van der Waals surface area contributed by atoms with Crippen LogP contribution in [0.5, 0.6) is 5.75 Å². The minimum Gasteiger partial charge on any atom is -0.485 e. The first-order valence-electron chi connectivity index (χ1n) is 7.06. The van der Waals surface area contributed by atoms with Gasteiger partial charge in [0.2, 0.25) is 17.6 Å². The summed E-state index contributed by atoms with van der Waals surface area (Å²) in [6.07, 6.45) is 1.96. The predicted octanol–water partition coefficient (Wildman–Crippen LogP) is 2.67. The van der Waals surface area contributed by atoms with E-state index in [-0.39, 0.29) is 18.4 Å². The first-order chi connectivity index (χ1) is 10.6. The highest BCUT2D eigenvalue weighted by atomic mass is 35.5. The summed E-state index contributed by atoms with van der Waals surface area (Å²) in [5.74, 6) is 1.85. The summed E-state index contributed by atoms with van der Waals surface area (Å²) in [5, 5.41) is 4.50. The lowest BCUT2D eigenvalue weighted by Crippen LogP contribution is -2.27. The van der Waals surface area contributed by atoms with E-state index < -0.39 is 0 Å². The molecule has 0 aliphatic heterocycles. The summed E-state index contributed by atoms with van der Waals surface area (Å²) >= 11 is 5.81. The topological polar surface area (TPSA) is 68.5 Å². The normalized spacial score (nSPS) is 13.9. The number of hydrogen-bond acceptors (Lipinski definition) is 5. The van der Waals surface area contributed by atoms with E-state index in [0.29, 0.717) is 29.0 Å². The van der Waals surface area contributed by atoms with Crippen LogP contribution in [-0.2, 0) is 17.9 Å². The van der Waals surface area contributed by atoms with Crippen LogP contribution in [-0.4, -0.2) is 28.0 Å². The molecule has 3 rings (SSSR count). The lowest BCUT2D eigenvalue weighted by atomic mass is 10.3. The van der Waals surface area contributed by atoms with Crippen molar-refractivity contribution in [1.29, 1.82) is 0 Å². The maximum atomic E-state index is 11.9. The van der Waals surface area contributed by atoms with Crippen molar-refractivity contribution in [3.05, 3.63) is 41.0 Å². The van der Waals surface area contributed by atoms with Gasteiger partial charge in [-0.2, -0.15) is 4.98 Å². The van der Waals surface area contributed by atoms with E-state index in [1.807, 2.05) is 0 Å². The fraction of sp³-hybridized carbons (Fsp3) is 0.400. The van der Waals surface area contributed by atoms with E-state index in [1.165, 1.54) is 0 Å². The Hall–Kier alpha value is -2.08. The lowest BCUT2D eigenvalue weighted by Gasteiger charge is -2.13. The third-order valence-electron chi connectivity index (χ3n) is 3.37. The SMILES string of the molecule is CN(Cc1nc(COc2ccc(Cl)cc2)no1)C(=O)C1CC1. The van der Waals surface area contributed by atoms with E-state index in [1.54, 1.807) is 36.2 Å². The van der Waals surface area contributed by atoms with Crippen molar-refractivity contribution < 1.29 is 14.1 Å². The van der Waals surface area contributed by atoms with Crippen LogP contribution < -0.4 is 4.74 Å². The molecule has 7 heteroatoms. The standard InChI is InChI=1S/C15H16ClN3O3/c1-19(15(20)10-2-3-10)8-14-17-13(18-22-14)9-21-12-6-4-11(16)5-7-12/h4-7,10H,2-3,8-9H2,1H3. The Morgan fingerprint density at radius 3 is 2.82 bits per heavy atom. The summed E-state index contributed by atoms with van der Waals surface area (Å²) in [4.78, 5) is 17.7. The molecule has 1 aliphatic carbocycles. The summed E-state index contributed by atoms with van der Waals surface area (Å²) < 4.78 is 10.7. The Kier molecular flexibility index (Phi) is 4.29. The molecule has 1 aromatic heterocycles. The third-order valence-corrected chi connectivity index (χ3v) is 3.62. The highest BCUT2D eigenvalue weighted by Crippen LogP contribution is 2.30. The average molecular weight is 322 g/mol. The van der Waals surface area contributed by atoms with E-state index in [0.717, 1.165) is 12.8 Å². The average Bonchev–Trinajstić information content (AvgIpc) is 3.27. The van der Waals surface area contributed by atoms with Gasteiger partial charge < -0.3 is 14.2 Å². The molecule has 0 unspecified atom stereocenters. The molecule has 22 heavy (non-hydrogen) atoms. The highest BCUT2D eigenvalue weighted by Gasteiger charge is 2.32. The third kappa shape index (κ3) is 3.76. The van der Waals surface area contributed by atoms with Gasteiger partial charge in [-0.15, -0.1) is 0 Å². The molecule has 6 nitrogen and oxygen atoms in total. The van der Waals surface area contributed by atoms with E-state index in [2.05, 4.69) is 10.1 Å². The van der Waals surface area contributed by atoms with Gasteiger partial charge in [0.1, 0.15) is 5.75 Å². The quantitative estimate of drug-likeness (QED) is 0.818. The van der Waals surface area contributed by atoms with Gasteiger partial charge in [-0.3, -0.25) is 4.79 Å². The smallest absolute Gasteiger partial charge is 0.246 e. The number of halogens is 1. The molecule has 1 aromatic carbocycles. The van der Waals surface area contributed by atoms with E-state index >= 15 is 0 Å². The zero-order valence-electron chi connectivity index (χ0n) is 12.2. The van der Waals surface area contributed by atoms with Crippen molar-refractivity contribution in [2.45, 2.75) is 26.0 Å². The van der Waals surface area contributed by atoms with E-state index in [4.69, 9.17) is 20.9 Å². The summed E-state index contributed by atoms with van der Waals surface area (Å²) in [5.41, 5.74) is 0. The fourth-order valence-electron chi connectivity index (χ4n) is 2.01. The first-order valence-corrected chi connectivity index (χ1v) is 7.44. The van der Waals surface area contributed by atoms with Crippen molar-refractivity contribution >= 4 is 17.5 Å². The molecule has 1 saturated carbocycles. The molecule has 0 bridgehead atoms. The van der Waals surface area contributed by atoms with Crippen LogP contribution in [0.4, 0.5) is 0 Å². The summed E-state index contributed by atoms with van der Waals surface area (Å²) in [6, 6.07) is 7.03. The Balaban J connectivity index is 1.52. The molecule has 2 aromatic rings. The van der Waals surface area contributed by atoms with Gasteiger partial charge in [-0.25, -0.2) is 0 Å². The van der Waals surface area contributed by atoms with Crippen molar-refractivity contribution in [2.24, 2.45) is 5.92 Å². The first kappa shape index (κ1) is 14.8. The van der Waals surface area contributed by atoms with Gasteiger partial charge in [-0.1, -0.05) is 16.8 Å². The van der Waals surface area contributed by atoms with Crippen molar-refractivity contribution in [2.75, 3.05) is 7.05 Å². The molecular formula is C15H16ClN3O3. The van der Waals surface area contributed by atoms with Crippen LogP contribution in [0.1, 0.15) is 24.6 Å². The van der Waals surface area contributed by atoms with Crippen LogP contribution in [0, 0.1) is 5.92 Å². The fourth-order valence-corrected chi connectivity index (χ4v) is 2.14.